The molecule has 0 spiro atoms. The van der Waals surface area contributed by atoms with Crippen molar-refractivity contribution in [3.8, 4) is 0 Å². The van der Waals surface area contributed by atoms with E-state index in [1.807, 2.05) is 6.92 Å². The molecule has 34 heavy (non-hydrogen) atoms. The summed E-state index contributed by atoms with van der Waals surface area (Å²) in [7, 11) is 1.65. The molecule has 0 saturated heterocycles. The van der Waals surface area contributed by atoms with Crippen LogP contribution in [0.25, 0.3) is 0 Å². The van der Waals surface area contributed by atoms with Gasteiger partial charge in [-0.1, -0.05) is 0 Å². The van der Waals surface area contributed by atoms with E-state index in [9.17, 15) is 0 Å². The van der Waals surface area contributed by atoms with E-state index in [0.29, 0.717) is 139 Å². The van der Waals surface area contributed by atoms with Crippen molar-refractivity contribution in [2.75, 3.05) is 146 Å². The SMILES string of the molecule is CCOCCOCCOCCOCCOCCOCCOCCOCCOCCOCCOC. The van der Waals surface area contributed by atoms with Crippen LogP contribution in [0.1, 0.15) is 6.92 Å². The first-order chi connectivity index (χ1) is 16.9. The van der Waals surface area contributed by atoms with Crippen molar-refractivity contribution < 1.29 is 52.1 Å². The van der Waals surface area contributed by atoms with Crippen molar-refractivity contribution in [2.45, 2.75) is 6.92 Å². The normalized spacial score (nSPS) is 11.5. The van der Waals surface area contributed by atoms with E-state index in [-0.39, 0.29) is 0 Å². The van der Waals surface area contributed by atoms with Crippen LogP contribution in [0.5, 0.6) is 0 Å². The second-order valence-corrected chi connectivity index (χ2v) is 6.70. The first-order valence-corrected chi connectivity index (χ1v) is 12.2. The molecule has 0 aliphatic heterocycles. The summed E-state index contributed by atoms with van der Waals surface area (Å²) in [6, 6.07) is 0. The zero-order valence-corrected chi connectivity index (χ0v) is 21.3. The summed E-state index contributed by atoms with van der Waals surface area (Å²) in [6.07, 6.45) is 0. The Morgan fingerprint density at radius 3 is 0.618 bits per heavy atom. The summed E-state index contributed by atoms with van der Waals surface area (Å²) in [5.74, 6) is 0. The first-order valence-electron chi connectivity index (χ1n) is 12.2. The summed E-state index contributed by atoms with van der Waals surface area (Å²) >= 11 is 0. The second kappa shape index (κ2) is 32.6. The molecule has 0 saturated carbocycles. The molecule has 0 aliphatic rings. The molecule has 0 rings (SSSR count). The summed E-state index contributed by atoms with van der Waals surface area (Å²) in [4.78, 5) is 0. The zero-order valence-electron chi connectivity index (χ0n) is 21.3. The quantitative estimate of drug-likeness (QED) is 0.126. The molecule has 0 amide bonds. The topological polar surface area (TPSA) is 102 Å². The van der Waals surface area contributed by atoms with E-state index in [4.69, 9.17) is 52.1 Å². The van der Waals surface area contributed by atoms with E-state index in [2.05, 4.69) is 0 Å². The summed E-state index contributed by atoms with van der Waals surface area (Å²) in [5, 5.41) is 0. The van der Waals surface area contributed by atoms with E-state index in [0.717, 1.165) is 0 Å². The average molecular weight is 501 g/mol. The second-order valence-electron chi connectivity index (χ2n) is 6.70. The maximum absolute atomic E-state index is 5.44. The fourth-order valence-corrected chi connectivity index (χ4v) is 2.27. The lowest BCUT2D eigenvalue weighted by Gasteiger charge is -2.09. The van der Waals surface area contributed by atoms with Crippen LogP contribution in [-0.4, -0.2) is 146 Å². The van der Waals surface area contributed by atoms with Crippen molar-refractivity contribution in [1.29, 1.82) is 0 Å². The highest BCUT2D eigenvalue weighted by atomic mass is 16.6. The maximum Gasteiger partial charge on any atom is 0.0701 e. The predicted molar refractivity (Wildman–Crippen MR) is 126 cm³/mol. The van der Waals surface area contributed by atoms with Crippen molar-refractivity contribution in [3.63, 3.8) is 0 Å². The molecule has 0 N–H and O–H groups in total. The van der Waals surface area contributed by atoms with Crippen LogP contribution < -0.4 is 0 Å². The summed E-state index contributed by atoms with van der Waals surface area (Å²) in [6.45, 7) is 13.7. The third-order valence-corrected chi connectivity index (χ3v) is 3.98. The molecule has 0 radical (unpaired) electrons. The van der Waals surface area contributed by atoms with Crippen molar-refractivity contribution in [1.82, 2.24) is 0 Å². The first kappa shape index (κ1) is 33.6. The van der Waals surface area contributed by atoms with Crippen LogP contribution in [0.2, 0.25) is 0 Å². The van der Waals surface area contributed by atoms with Crippen LogP contribution in [0.3, 0.4) is 0 Å². The monoisotopic (exact) mass is 500 g/mol. The van der Waals surface area contributed by atoms with Gasteiger partial charge in [0.25, 0.3) is 0 Å². The summed E-state index contributed by atoms with van der Waals surface area (Å²) in [5.41, 5.74) is 0. The van der Waals surface area contributed by atoms with Gasteiger partial charge in [-0.05, 0) is 6.92 Å². The van der Waals surface area contributed by atoms with Gasteiger partial charge in [0.15, 0.2) is 0 Å². The van der Waals surface area contributed by atoms with Crippen LogP contribution in [0.15, 0.2) is 0 Å². The van der Waals surface area contributed by atoms with Gasteiger partial charge in [0.1, 0.15) is 0 Å². The molecule has 0 aromatic heterocycles. The van der Waals surface area contributed by atoms with Crippen LogP contribution >= 0.6 is 0 Å². The Balaban J connectivity index is 2.99. The molecule has 0 aliphatic carbocycles. The molecule has 11 nitrogen and oxygen atoms in total. The smallest absolute Gasteiger partial charge is 0.0701 e. The molecule has 0 bridgehead atoms. The number of ether oxygens (including phenoxy) is 11. The van der Waals surface area contributed by atoms with Gasteiger partial charge in [0, 0.05) is 13.7 Å². The van der Waals surface area contributed by atoms with Gasteiger partial charge in [-0.2, -0.15) is 0 Å². The number of hydrogen-bond acceptors (Lipinski definition) is 11. The molecule has 0 aromatic carbocycles. The Hall–Kier alpha value is -0.440. The van der Waals surface area contributed by atoms with Crippen molar-refractivity contribution in [3.05, 3.63) is 0 Å². The minimum Gasteiger partial charge on any atom is -0.382 e. The lowest BCUT2D eigenvalue weighted by molar-refractivity contribution is -0.0269. The summed E-state index contributed by atoms with van der Waals surface area (Å²) < 4.78 is 58.6. The van der Waals surface area contributed by atoms with E-state index < -0.39 is 0 Å². The molecule has 0 aromatic rings. The lowest BCUT2D eigenvalue weighted by Crippen LogP contribution is -2.15. The van der Waals surface area contributed by atoms with Gasteiger partial charge in [-0.25, -0.2) is 0 Å². The number of hydrogen-bond donors (Lipinski definition) is 0. The molecule has 0 heterocycles. The fraction of sp³-hybridized carbons (Fsp3) is 1.00. The van der Waals surface area contributed by atoms with Gasteiger partial charge < -0.3 is 52.1 Å². The van der Waals surface area contributed by atoms with E-state index in [1.165, 1.54) is 0 Å². The van der Waals surface area contributed by atoms with Crippen LogP contribution in [-0.2, 0) is 52.1 Å². The Labute approximate surface area is 205 Å². The van der Waals surface area contributed by atoms with E-state index in [1.54, 1.807) is 7.11 Å². The lowest BCUT2D eigenvalue weighted by atomic mass is 10.6. The van der Waals surface area contributed by atoms with Crippen LogP contribution in [0, 0.1) is 0 Å². The third kappa shape index (κ3) is 31.6. The van der Waals surface area contributed by atoms with Gasteiger partial charge in [0.2, 0.25) is 0 Å². The Kier molecular flexibility index (Phi) is 32.1. The van der Waals surface area contributed by atoms with Crippen LogP contribution in [0.4, 0.5) is 0 Å². The van der Waals surface area contributed by atoms with E-state index >= 15 is 0 Å². The van der Waals surface area contributed by atoms with Gasteiger partial charge >= 0.3 is 0 Å². The number of methoxy groups -OCH3 is 1. The average Bonchev–Trinajstić information content (AvgIpc) is 2.85. The minimum absolute atomic E-state index is 0.527. The van der Waals surface area contributed by atoms with Gasteiger partial charge in [-0.15, -0.1) is 0 Å². The molecule has 206 valence electrons. The highest BCUT2D eigenvalue weighted by molar-refractivity contribution is 4.38. The molecule has 0 fully saturated rings. The van der Waals surface area contributed by atoms with Crippen molar-refractivity contribution >= 4 is 0 Å². The Morgan fingerprint density at radius 2 is 0.441 bits per heavy atom. The molecule has 0 atom stereocenters. The molecule has 0 unspecified atom stereocenters. The fourth-order valence-electron chi connectivity index (χ4n) is 2.27. The highest BCUT2D eigenvalue weighted by Gasteiger charge is 1.95. The minimum atomic E-state index is 0.527. The molecule has 11 heteroatoms. The Morgan fingerprint density at radius 1 is 0.265 bits per heavy atom. The third-order valence-electron chi connectivity index (χ3n) is 3.98. The molecular weight excluding hydrogens is 452 g/mol. The predicted octanol–water partition coefficient (Wildman–Crippen LogP) is 0.819. The largest absolute Gasteiger partial charge is 0.382 e. The van der Waals surface area contributed by atoms with Gasteiger partial charge in [-0.3, -0.25) is 0 Å². The number of rotatable bonds is 31. The van der Waals surface area contributed by atoms with Crippen molar-refractivity contribution in [2.24, 2.45) is 0 Å². The highest BCUT2D eigenvalue weighted by Crippen LogP contribution is 1.86. The van der Waals surface area contributed by atoms with Gasteiger partial charge in [0.05, 0.1) is 132 Å². The molecular formula is C23H48O11. The Bertz CT molecular complexity index is 319. The maximum atomic E-state index is 5.44. The standard InChI is InChI=1S/C23H48O11/c1-3-25-6-7-27-10-11-29-14-15-31-18-19-33-22-23-34-21-20-32-17-16-30-13-12-28-9-8-26-5-4-24-2/h3-23H2,1-2H3. The zero-order chi connectivity index (χ0) is 24.6.